The fraction of sp³-hybridized carbons (Fsp3) is 0.308. The van der Waals surface area contributed by atoms with Crippen molar-refractivity contribution in [2.24, 2.45) is 0 Å². The molecule has 4 heteroatoms. The van der Waals surface area contributed by atoms with Crippen LogP contribution in [0.3, 0.4) is 0 Å². The van der Waals surface area contributed by atoms with Gasteiger partial charge in [-0.3, -0.25) is 9.89 Å². The molecule has 0 radical (unpaired) electrons. The van der Waals surface area contributed by atoms with Crippen molar-refractivity contribution in [2.75, 3.05) is 0 Å². The van der Waals surface area contributed by atoms with E-state index in [-0.39, 0.29) is 11.5 Å². The zero-order valence-corrected chi connectivity index (χ0v) is 11.7. The molecule has 1 aromatic heterocycles. The van der Waals surface area contributed by atoms with E-state index in [0.717, 1.165) is 21.4 Å². The number of hydrogen-bond acceptors (Lipinski definition) is 1. The molecule has 0 bridgehead atoms. The van der Waals surface area contributed by atoms with Gasteiger partial charge < -0.3 is 0 Å². The Balaban J connectivity index is 2.62. The van der Waals surface area contributed by atoms with Gasteiger partial charge in [-0.05, 0) is 31.0 Å². The first-order valence-electron chi connectivity index (χ1n) is 5.58. The Kier molecular flexibility index (Phi) is 3.24. The second-order valence-corrected chi connectivity index (χ2v) is 5.34. The van der Waals surface area contributed by atoms with Gasteiger partial charge >= 0.3 is 0 Å². The maximum Gasteiger partial charge on any atom is 0.274 e. The molecule has 0 amide bonds. The molecule has 0 aliphatic carbocycles. The van der Waals surface area contributed by atoms with Gasteiger partial charge in [-0.2, -0.15) is 0 Å². The highest BCUT2D eigenvalue weighted by Crippen LogP contribution is 2.17. The summed E-state index contributed by atoms with van der Waals surface area (Å²) in [6.07, 6.45) is 0. The number of nitrogens with zero attached hydrogens (tertiary/aromatic N) is 1. The van der Waals surface area contributed by atoms with Gasteiger partial charge in [-0.1, -0.05) is 35.8 Å². The summed E-state index contributed by atoms with van der Waals surface area (Å²) in [4.78, 5) is 12.3. The highest BCUT2D eigenvalue weighted by Gasteiger charge is 2.14. The van der Waals surface area contributed by atoms with E-state index in [2.05, 4.69) is 21.0 Å². The third-order valence-electron chi connectivity index (χ3n) is 2.76. The normalized spacial score (nSPS) is 11.1. The smallest absolute Gasteiger partial charge is 0.274 e. The number of H-pyrrole nitrogens is 1. The van der Waals surface area contributed by atoms with Crippen molar-refractivity contribution in [2.45, 2.75) is 26.7 Å². The predicted molar refractivity (Wildman–Crippen MR) is 72.9 cm³/mol. The largest absolute Gasteiger partial charge is 0.295 e. The quantitative estimate of drug-likeness (QED) is 0.906. The number of halogens is 1. The molecule has 1 heterocycles. The highest BCUT2D eigenvalue weighted by atomic mass is 79.9. The molecule has 0 fully saturated rings. The average Bonchev–Trinajstić information content (AvgIpc) is 2.54. The summed E-state index contributed by atoms with van der Waals surface area (Å²) in [5.74, 6) is 0.229. The molecule has 3 nitrogen and oxygen atoms in total. The lowest BCUT2D eigenvalue weighted by molar-refractivity contribution is 0.824. The first kappa shape index (κ1) is 12.2. The molecule has 2 aromatic rings. The van der Waals surface area contributed by atoms with Crippen LogP contribution in [0.15, 0.2) is 33.5 Å². The van der Waals surface area contributed by atoms with Crippen molar-refractivity contribution in [3.63, 3.8) is 0 Å². The molecule has 2 rings (SSSR count). The van der Waals surface area contributed by atoms with Crippen LogP contribution in [0.5, 0.6) is 0 Å². The number of aromatic amines is 1. The first-order chi connectivity index (χ1) is 8.00. The molecule has 0 atom stereocenters. The Morgan fingerprint density at radius 1 is 1.35 bits per heavy atom. The Morgan fingerprint density at radius 2 is 2.06 bits per heavy atom. The van der Waals surface area contributed by atoms with Gasteiger partial charge in [0.05, 0.1) is 5.69 Å². The van der Waals surface area contributed by atoms with Crippen molar-refractivity contribution in [3.8, 4) is 5.69 Å². The van der Waals surface area contributed by atoms with Crippen LogP contribution in [0.1, 0.15) is 31.0 Å². The van der Waals surface area contributed by atoms with Crippen molar-refractivity contribution in [3.05, 3.63) is 50.3 Å². The van der Waals surface area contributed by atoms with E-state index in [4.69, 9.17) is 0 Å². The first-order valence-corrected chi connectivity index (χ1v) is 6.37. The van der Waals surface area contributed by atoms with Crippen molar-refractivity contribution in [1.82, 2.24) is 9.78 Å². The molecule has 17 heavy (non-hydrogen) atoms. The SMILES string of the molecule is Cc1[nH]n(-c2cccc(Br)c2)c(=O)c1C(C)C. The molecule has 0 saturated carbocycles. The van der Waals surface area contributed by atoms with Crippen LogP contribution < -0.4 is 5.56 Å². The van der Waals surface area contributed by atoms with E-state index >= 15 is 0 Å². The minimum absolute atomic E-state index is 0.0376. The van der Waals surface area contributed by atoms with Gasteiger partial charge in [0.25, 0.3) is 5.56 Å². The van der Waals surface area contributed by atoms with Crippen LogP contribution in [0.4, 0.5) is 0 Å². The van der Waals surface area contributed by atoms with E-state index in [0.29, 0.717) is 0 Å². The summed E-state index contributed by atoms with van der Waals surface area (Å²) >= 11 is 3.41. The molecular weight excluding hydrogens is 280 g/mol. The third-order valence-corrected chi connectivity index (χ3v) is 3.25. The summed E-state index contributed by atoms with van der Waals surface area (Å²) in [5.41, 5.74) is 2.67. The minimum Gasteiger partial charge on any atom is -0.295 e. The molecule has 0 aliphatic rings. The molecule has 0 aliphatic heterocycles. The predicted octanol–water partition coefficient (Wildman–Crippen LogP) is 3.36. The van der Waals surface area contributed by atoms with E-state index in [1.165, 1.54) is 0 Å². The summed E-state index contributed by atoms with van der Waals surface area (Å²) in [7, 11) is 0. The maximum absolute atomic E-state index is 12.3. The summed E-state index contributed by atoms with van der Waals surface area (Å²) in [6, 6.07) is 7.68. The number of aryl methyl sites for hydroxylation is 1. The summed E-state index contributed by atoms with van der Waals surface area (Å²) in [6.45, 7) is 6.00. The Hall–Kier alpha value is -1.29. The van der Waals surface area contributed by atoms with Crippen LogP contribution in [0.2, 0.25) is 0 Å². The number of hydrogen-bond donors (Lipinski definition) is 1. The summed E-state index contributed by atoms with van der Waals surface area (Å²) in [5, 5.41) is 3.12. The van der Waals surface area contributed by atoms with Gasteiger partial charge in [-0.15, -0.1) is 0 Å². The van der Waals surface area contributed by atoms with Crippen LogP contribution >= 0.6 is 15.9 Å². The van der Waals surface area contributed by atoms with Crippen LogP contribution in [-0.4, -0.2) is 9.78 Å². The number of benzene rings is 1. The molecule has 1 N–H and O–H groups in total. The Labute approximate surface area is 109 Å². The number of nitrogens with one attached hydrogen (secondary N) is 1. The van der Waals surface area contributed by atoms with Crippen LogP contribution in [-0.2, 0) is 0 Å². The lowest BCUT2D eigenvalue weighted by Crippen LogP contribution is -2.18. The summed E-state index contributed by atoms with van der Waals surface area (Å²) < 4.78 is 2.55. The zero-order chi connectivity index (χ0) is 12.6. The minimum atomic E-state index is 0.0376. The monoisotopic (exact) mass is 294 g/mol. The van der Waals surface area contributed by atoms with Crippen molar-refractivity contribution in [1.29, 1.82) is 0 Å². The van der Waals surface area contributed by atoms with Gasteiger partial charge in [0.15, 0.2) is 0 Å². The van der Waals surface area contributed by atoms with Gasteiger partial charge in [0.2, 0.25) is 0 Å². The van der Waals surface area contributed by atoms with E-state index < -0.39 is 0 Å². The fourth-order valence-corrected chi connectivity index (χ4v) is 2.42. The molecular formula is C13H15BrN2O. The molecule has 1 aromatic carbocycles. The second kappa shape index (κ2) is 4.53. The number of aromatic nitrogens is 2. The second-order valence-electron chi connectivity index (χ2n) is 4.43. The Morgan fingerprint density at radius 3 is 2.59 bits per heavy atom. The highest BCUT2D eigenvalue weighted by molar-refractivity contribution is 9.10. The lowest BCUT2D eigenvalue weighted by atomic mass is 10.1. The van der Waals surface area contributed by atoms with Gasteiger partial charge in [0.1, 0.15) is 0 Å². The molecule has 0 spiro atoms. The van der Waals surface area contributed by atoms with E-state index in [9.17, 15) is 4.79 Å². The standard InChI is InChI=1S/C13H15BrN2O/c1-8(2)12-9(3)15-16(13(12)17)11-6-4-5-10(14)7-11/h4-8,15H,1-3H3. The van der Waals surface area contributed by atoms with Crippen LogP contribution in [0.25, 0.3) is 5.69 Å². The van der Waals surface area contributed by atoms with Gasteiger partial charge in [0, 0.05) is 15.7 Å². The molecule has 0 saturated heterocycles. The van der Waals surface area contributed by atoms with Crippen molar-refractivity contribution < 1.29 is 0 Å². The van der Waals surface area contributed by atoms with Crippen LogP contribution in [0, 0.1) is 6.92 Å². The topological polar surface area (TPSA) is 37.8 Å². The lowest BCUT2D eigenvalue weighted by Gasteiger charge is -2.01. The van der Waals surface area contributed by atoms with E-state index in [1.54, 1.807) is 4.68 Å². The third kappa shape index (κ3) is 2.22. The fourth-order valence-electron chi connectivity index (χ4n) is 2.04. The maximum atomic E-state index is 12.3. The van der Waals surface area contributed by atoms with Gasteiger partial charge in [-0.25, -0.2) is 4.68 Å². The van der Waals surface area contributed by atoms with Crippen molar-refractivity contribution >= 4 is 15.9 Å². The van der Waals surface area contributed by atoms with E-state index in [1.807, 2.05) is 45.0 Å². The Bertz CT molecular complexity index is 596. The average molecular weight is 295 g/mol. The molecule has 0 unspecified atom stereocenters. The number of rotatable bonds is 2. The zero-order valence-electron chi connectivity index (χ0n) is 10.1. The molecule has 90 valence electrons.